The molecule has 110 valence electrons. The maximum Gasteiger partial charge on any atom is 0.487 e. The molecule has 0 aromatic carbocycles. The van der Waals surface area contributed by atoms with Crippen molar-refractivity contribution in [3.63, 3.8) is 0 Å². The van der Waals surface area contributed by atoms with Crippen LogP contribution >= 0.6 is 0 Å². The van der Waals surface area contributed by atoms with Crippen molar-refractivity contribution >= 4 is 13.2 Å². The van der Waals surface area contributed by atoms with E-state index in [0.717, 1.165) is 5.56 Å². The quantitative estimate of drug-likeness (QED) is 0.799. The van der Waals surface area contributed by atoms with E-state index < -0.39 is 7.12 Å². The van der Waals surface area contributed by atoms with Crippen LogP contribution in [0.4, 0.5) is 0 Å². The third-order valence-corrected chi connectivity index (χ3v) is 3.90. The lowest BCUT2D eigenvalue weighted by atomic mass is 9.89. The summed E-state index contributed by atoms with van der Waals surface area (Å²) in [5.74, 6) is 2.14. The number of rotatable bonds is 3. The summed E-state index contributed by atoms with van der Waals surface area (Å²) < 4.78 is 16.8. The Kier molecular flexibility index (Phi) is 4.08. The highest BCUT2D eigenvalue weighted by atomic mass is 16.7. The molecular weight excluding hydrogens is 267 g/mol. The van der Waals surface area contributed by atoms with Gasteiger partial charge in [-0.05, 0) is 39.3 Å². The first-order valence-corrected chi connectivity index (χ1v) is 6.77. The zero-order valence-corrected chi connectivity index (χ0v) is 13.0. The van der Waals surface area contributed by atoms with Gasteiger partial charge in [0.2, 0.25) is 5.88 Å². The summed E-state index contributed by atoms with van der Waals surface area (Å²) in [7, 11) is 1.07. The third kappa shape index (κ3) is 3.09. The summed E-state index contributed by atoms with van der Waals surface area (Å²) in [5, 5.41) is 9.05. The van der Waals surface area contributed by atoms with Gasteiger partial charge in [-0.1, -0.05) is 12.1 Å². The van der Waals surface area contributed by atoms with Crippen molar-refractivity contribution in [2.45, 2.75) is 38.9 Å². The maximum atomic E-state index is 9.05. The number of nitriles is 1. The molecule has 6 heteroatoms. The van der Waals surface area contributed by atoms with Crippen molar-refractivity contribution < 1.29 is 14.0 Å². The van der Waals surface area contributed by atoms with Gasteiger partial charge in [-0.3, -0.25) is 0 Å². The molecule has 1 aromatic heterocycles. The highest BCUT2D eigenvalue weighted by Gasteiger charge is 2.49. The molecule has 0 radical (unpaired) electrons. The summed E-state index contributed by atoms with van der Waals surface area (Å²) in [5.41, 5.74) is 0.464. The fourth-order valence-corrected chi connectivity index (χ4v) is 1.96. The first kappa shape index (κ1) is 15.6. The van der Waals surface area contributed by atoms with Crippen molar-refractivity contribution in [1.29, 1.82) is 5.26 Å². The molecule has 5 nitrogen and oxygen atoms in total. The van der Waals surface area contributed by atoms with E-state index in [2.05, 4.69) is 11.1 Å². The highest BCUT2D eigenvalue weighted by Crippen LogP contribution is 2.37. The minimum Gasteiger partial charge on any atom is -0.480 e. The van der Waals surface area contributed by atoms with Gasteiger partial charge in [-0.15, -0.1) is 0 Å². The molecule has 0 unspecified atom stereocenters. The van der Waals surface area contributed by atoms with Crippen molar-refractivity contribution in [3.05, 3.63) is 29.4 Å². The molecule has 0 aliphatic carbocycles. The molecule has 0 atom stereocenters. The lowest BCUT2D eigenvalue weighted by Gasteiger charge is -2.32. The van der Waals surface area contributed by atoms with E-state index in [9.17, 15) is 0 Å². The number of methoxy groups -OCH3 is 1. The third-order valence-electron chi connectivity index (χ3n) is 3.90. The van der Waals surface area contributed by atoms with E-state index in [-0.39, 0.29) is 11.2 Å². The van der Waals surface area contributed by atoms with Gasteiger partial charge in [0.25, 0.3) is 0 Å². The molecule has 1 aliphatic rings. The van der Waals surface area contributed by atoms with E-state index in [0.29, 0.717) is 11.4 Å². The second-order valence-electron chi connectivity index (χ2n) is 5.92. The first-order valence-electron chi connectivity index (χ1n) is 6.77. The molecule has 0 saturated carbocycles. The Morgan fingerprint density at radius 2 is 1.90 bits per heavy atom. The molecule has 2 rings (SSSR count). The maximum absolute atomic E-state index is 9.05. The van der Waals surface area contributed by atoms with E-state index >= 15 is 0 Å². The predicted molar refractivity (Wildman–Crippen MR) is 80.6 cm³/mol. The molecule has 0 bridgehead atoms. The Morgan fingerprint density at radius 1 is 1.29 bits per heavy atom. The van der Waals surface area contributed by atoms with E-state index in [1.54, 1.807) is 12.3 Å². The average molecular weight is 286 g/mol. The van der Waals surface area contributed by atoms with Crippen molar-refractivity contribution in [2.75, 3.05) is 7.11 Å². The topological polar surface area (TPSA) is 64.4 Å². The summed E-state index contributed by atoms with van der Waals surface area (Å²) in [6.45, 7) is 8.01. The number of nitrogens with zero attached hydrogens (tertiary/aromatic N) is 2. The fraction of sp³-hybridized carbons (Fsp3) is 0.467. The second kappa shape index (κ2) is 5.51. The Bertz CT molecular complexity index is 589. The van der Waals surface area contributed by atoms with Gasteiger partial charge in [0, 0.05) is 6.20 Å². The molecule has 0 N–H and O–H groups in total. The van der Waals surface area contributed by atoms with Crippen molar-refractivity contribution in [2.24, 2.45) is 0 Å². The standard InChI is InChI=1S/C15H19BN2O3/c1-14(2)15(3,4)21-16(20-14)7-6-11-8-12(9-17)13(19-5)18-10-11/h6-8,10H,1-5H3/b7-6+. The summed E-state index contributed by atoms with van der Waals surface area (Å²) in [4.78, 5) is 4.09. The van der Waals surface area contributed by atoms with Crippen LogP contribution in [-0.4, -0.2) is 30.4 Å². The summed E-state index contributed by atoms with van der Waals surface area (Å²) in [6, 6.07) is 3.77. The van der Waals surface area contributed by atoms with Gasteiger partial charge >= 0.3 is 7.12 Å². The van der Waals surface area contributed by atoms with Crippen LogP contribution in [0.1, 0.15) is 38.8 Å². The number of hydrogen-bond donors (Lipinski definition) is 0. The van der Waals surface area contributed by atoms with Gasteiger partial charge in [0.1, 0.15) is 11.6 Å². The van der Waals surface area contributed by atoms with Crippen LogP contribution in [0.25, 0.3) is 6.08 Å². The van der Waals surface area contributed by atoms with Crippen LogP contribution in [0.5, 0.6) is 5.88 Å². The van der Waals surface area contributed by atoms with Crippen LogP contribution in [0.3, 0.4) is 0 Å². The van der Waals surface area contributed by atoms with Gasteiger partial charge < -0.3 is 14.0 Å². The summed E-state index contributed by atoms with van der Waals surface area (Å²) in [6.07, 6.45) is 3.47. The molecule has 1 saturated heterocycles. The lowest BCUT2D eigenvalue weighted by molar-refractivity contribution is 0.00578. The van der Waals surface area contributed by atoms with Gasteiger partial charge in [-0.25, -0.2) is 4.98 Å². The van der Waals surface area contributed by atoms with Gasteiger partial charge in [0.05, 0.1) is 18.3 Å². The number of aromatic nitrogens is 1. The fourth-order valence-electron chi connectivity index (χ4n) is 1.96. The SMILES string of the molecule is COc1ncc(/C=C/B2OC(C)(C)C(C)(C)O2)cc1C#N. The minimum atomic E-state index is -0.414. The second-order valence-corrected chi connectivity index (χ2v) is 5.92. The van der Waals surface area contributed by atoms with Crippen LogP contribution in [0.2, 0.25) is 0 Å². The lowest BCUT2D eigenvalue weighted by Crippen LogP contribution is -2.41. The Morgan fingerprint density at radius 3 is 2.43 bits per heavy atom. The smallest absolute Gasteiger partial charge is 0.480 e. The molecular formula is C15H19BN2O3. The van der Waals surface area contributed by atoms with Gasteiger partial charge in [0.15, 0.2) is 0 Å². The molecule has 0 amide bonds. The number of pyridine rings is 1. The molecule has 1 aromatic rings. The highest BCUT2D eigenvalue weighted by molar-refractivity contribution is 6.52. The summed E-state index contributed by atoms with van der Waals surface area (Å²) >= 11 is 0. The van der Waals surface area contributed by atoms with Crippen LogP contribution in [0.15, 0.2) is 18.2 Å². The largest absolute Gasteiger partial charge is 0.487 e. The van der Waals surface area contributed by atoms with Crippen molar-refractivity contribution in [1.82, 2.24) is 4.98 Å². The van der Waals surface area contributed by atoms with E-state index in [1.165, 1.54) is 7.11 Å². The average Bonchev–Trinajstić information content (AvgIpc) is 2.64. The van der Waals surface area contributed by atoms with Gasteiger partial charge in [-0.2, -0.15) is 5.26 Å². The van der Waals surface area contributed by atoms with Crippen molar-refractivity contribution in [3.8, 4) is 11.9 Å². The Balaban J connectivity index is 2.15. The molecule has 0 spiro atoms. The van der Waals surface area contributed by atoms with Crippen LogP contribution in [0, 0.1) is 11.3 Å². The van der Waals surface area contributed by atoms with E-state index in [4.69, 9.17) is 19.3 Å². The minimum absolute atomic E-state index is 0.324. The Hall–Kier alpha value is -1.84. The number of ether oxygens (including phenoxy) is 1. The predicted octanol–water partition coefficient (Wildman–Crippen LogP) is 2.61. The molecule has 1 fully saturated rings. The molecule has 21 heavy (non-hydrogen) atoms. The van der Waals surface area contributed by atoms with Crippen LogP contribution < -0.4 is 4.74 Å². The zero-order chi connectivity index (χ0) is 15.7. The normalized spacial score (nSPS) is 19.7. The molecule has 2 heterocycles. The monoisotopic (exact) mass is 286 g/mol. The molecule has 1 aliphatic heterocycles. The first-order chi connectivity index (χ1) is 9.79. The zero-order valence-electron chi connectivity index (χ0n) is 13.0. The van der Waals surface area contributed by atoms with E-state index in [1.807, 2.05) is 39.7 Å². The van der Waals surface area contributed by atoms with Crippen LogP contribution in [-0.2, 0) is 9.31 Å². The number of hydrogen-bond acceptors (Lipinski definition) is 5. The Labute approximate surface area is 125 Å².